The molecule has 1 aromatic heterocycles. The third kappa shape index (κ3) is 1.41. The van der Waals surface area contributed by atoms with Crippen LogP contribution in [-0.2, 0) is 0 Å². The summed E-state index contributed by atoms with van der Waals surface area (Å²) < 4.78 is 0. The van der Waals surface area contributed by atoms with Crippen molar-refractivity contribution in [1.82, 2.24) is 0 Å². The lowest BCUT2D eigenvalue weighted by molar-refractivity contribution is -0.0192. The molecular weight excluding hydrogens is 152 g/mol. The van der Waals surface area contributed by atoms with Crippen molar-refractivity contribution in [3.8, 4) is 0 Å². The van der Waals surface area contributed by atoms with Gasteiger partial charge in [-0.15, -0.1) is 11.3 Å². The topological polar surface area (TPSA) is 57.5 Å². The number of hydrogen-bond acceptors (Lipinski definition) is 4. The summed E-state index contributed by atoms with van der Waals surface area (Å²) in [7, 11) is 0. The zero-order valence-electron chi connectivity index (χ0n) is 5.02. The lowest BCUT2D eigenvalue weighted by atomic mass is 10.3. The summed E-state index contributed by atoms with van der Waals surface area (Å²) in [5.74, 6) is -0.644. The molecule has 0 unspecified atom stereocenters. The summed E-state index contributed by atoms with van der Waals surface area (Å²) in [6.45, 7) is 0. The zero-order chi connectivity index (χ0) is 7.56. The number of carbonyl (C=O) groups excluding carboxylic acids is 1. The van der Waals surface area contributed by atoms with E-state index in [1.165, 1.54) is 11.3 Å². The van der Waals surface area contributed by atoms with Crippen molar-refractivity contribution in [2.24, 2.45) is 0 Å². The van der Waals surface area contributed by atoms with E-state index in [0.29, 0.717) is 4.88 Å². The standard InChI is InChI=1S/C6H6O3S/c7-5(6(8)9)4-2-1-3-10-4/h1-3,6,8-9H. The van der Waals surface area contributed by atoms with Crippen LogP contribution in [0.25, 0.3) is 0 Å². The van der Waals surface area contributed by atoms with Crippen LogP contribution in [0.5, 0.6) is 0 Å². The molecule has 0 aliphatic carbocycles. The highest BCUT2D eigenvalue weighted by Gasteiger charge is 2.13. The third-order valence-electron chi connectivity index (χ3n) is 0.999. The molecule has 3 nitrogen and oxygen atoms in total. The highest BCUT2D eigenvalue weighted by atomic mass is 32.1. The van der Waals surface area contributed by atoms with Gasteiger partial charge in [0.15, 0.2) is 0 Å². The first-order valence-corrected chi connectivity index (χ1v) is 3.53. The van der Waals surface area contributed by atoms with Crippen LogP contribution in [0.2, 0.25) is 0 Å². The molecule has 0 aliphatic rings. The maximum atomic E-state index is 10.7. The normalized spacial score (nSPS) is 10.3. The van der Waals surface area contributed by atoms with E-state index in [0.717, 1.165) is 0 Å². The first-order valence-electron chi connectivity index (χ1n) is 2.65. The van der Waals surface area contributed by atoms with Crippen LogP contribution in [0.3, 0.4) is 0 Å². The molecule has 0 atom stereocenters. The van der Waals surface area contributed by atoms with Gasteiger partial charge >= 0.3 is 0 Å². The van der Waals surface area contributed by atoms with E-state index in [9.17, 15) is 4.79 Å². The van der Waals surface area contributed by atoms with Crippen molar-refractivity contribution in [3.63, 3.8) is 0 Å². The molecule has 0 bridgehead atoms. The van der Waals surface area contributed by atoms with Gasteiger partial charge in [-0.25, -0.2) is 0 Å². The van der Waals surface area contributed by atoms with Crippen molar-refractivity contribution in [2.45, 2.75) is 6.29 Å². The van der Waals surface area contributed by atoms with Crippen molar-refractivity contribution >= 4 is 17.1 Å². The molecule has 2 N–H and O–H groups in total. The van der Waals surface area contributed by atoms with E-state index in [1.54, 1.807) is 17.5 Å². The fourth-order valence-corrected chi connectivity index (χ4v) is 1.23. The minimum absolute atomic E-state index is 0.370. The summed E-state index contributed by atoms with van der Waals surface area (Å²) >= 11 is 1.19. The minimum atomic E-state index is -1.88. The Morgan fingerprint density at radius 3 is 2.70 bits per heavy atom. The molecular formula is C6H6O3S. The van der Waals surface area contributed by atoms with E-state index in [4.69, 9.17) is 10.2 Å². The summed E-state index contributed by atoms with van der Waals surface area (Å²) in [4.78, 5) is 11.1. The second-order valence-electron chi connectivity index (χ2n) is 1.72. The average Bonchev–Trinajstić information content (AvgIpc) is 2.36. The van der Waals surface area contributed by atoms with Crippen LogP contribution in [-0.4, -0.2) is 22.3 Å². The molecule has 10 heavy (non-hydrogen) atoms. The fraction of sp³-hybridized carbons (Fsp3) is 0.167. The van der Waals surface area contributed by atoms with Crippen LogP contribution in [0.15, 0.2) is 17.5 Å². The molecule has 0 saturated carbocycles. The molecule has 4 heteroatoms. The second kappa shape index (κ2) is 2.92. The number of aliphatic hydroxyl groups is 2. The first-order chi connectivity index (χ1) is 4.72. The van der Waals surface area contributed by atoms with Gasteiger partial charge in [0.2, 0.25) is 12.1 Å². The van der Waals surface area contributed by atoms with Gasteiger partial charge in [-0.2, -0.15) is 0 Å². The Morgan fingerprint density at radius 2 is 2.30 bits per heavy atom. The molecule has 1 heterocycles. The Balaban J connectivity index is 2.78. The van der Waals surface area contributed by atoms with Gasteiger partial charge in [-0.3, -0.25) is 4.79 Å². The Bertz CT molecular complexity index is 215. The molecule has 0 saturated heterocycles. The number of Topliss-reactive ketones (excluding diaryl/α,β-unsaturated/α-hetero) is 1. The van der Waals surface area contributed by atoms with Gasteiger partial charge < -0.3 is 10.2 Å². The Kier molecular flexibility index (Phi) is 2.16. The van der Waals surface area contributed by atoms with Gasteiger partial charge in [0.1, 0.15) is 0 Å². The van der Waals surface area contributed by atoms with Gasteiger partial charge in [-0.1, -0.05) is 6.07 Å². The second-order valence-corrected chi connectivity index (χ2v) is 2.66. The average molecular weight is 158 g/mol. The first kappa shape index (κ1) is 7.40. The van der Waals surface area contributed by atoms with E-state index in [1.807, 2.05) is 0 Å². The summed E-state index contributed by atoms with van der Waals surface area (Å²) in [5, 5.41) is 18.5. The highest BCUT2D eigenvalue weighted by Crippen LogP contribution is 2.09. The number of ketones is 1. The molecule has 0 spiro atoms. The number of hydrogen-bond donors (Lipinski definition) is 2. The van der Waals surface area contributed by atoms with Crippen LogP contribution in [0.1, 0.15) is 9.67 Å². The predicted molar refractivity (Wildman–Crippen MR) is 36.9 cm³/mol. The van der Waals surface area contributed by atoms with Crippen LogP contribution in [0.4, 0.5) is 0 Å². The number of aliphatic hydroxyl groups excluding tert-OH is 1. The maximum Gasteiger partial charge on any atom is 0.228 e. The Hall–Kier alpha value is -0.710. The quantitative estimate of drug-likeness (QED) is 0.479. The van der Waals surface area contributed by atoms with Gasteiger partial charge in [0.25, 0.3) is 0 Å². The monoisotopic (exact) mass is 158 g/mol. The number of carbonyl (C=O) groups is 1. The fourth-order valence-electron chi connectivity index (χ4n) is 0.546. The smallest absolute Gasteiger partial charge is 0.228 e. The Labute approximate surface area is 61.6 Å². The van der Waals surface area contributed by atoms with Gasteiger partial charge in [0.05, 0.1) is 4.88 Å². The molecule has 0 fully saturated rings. The van der Waals surface area contributed by atoms with Crippen molar-refractivity contribution < 1.29 is 15.0 Å². The van der Waals surface area contributed by atoms with Crippen molar-refractivity contribution in [3.05, 3.63) is 22.4 Å². The largest absolute Gasteiger partial charge is 0.362 e. The van der Waals surface area contributed by atoms with E-state index < -0.39 is 12.1 Å². The molecule has 0 aromatic carbocycles. The lowest BCUT2D eigenvalue weighted by Crippen LogP contribution is -2.17. The molecule has 0 aliphatic heterocycles. The number of rotatable bonds is 2. The van der Waals surface area contributed by atoms with Crippen molar-refractivity contribution in [2.75, 3.05) is 0 Å². The maximum absolute atomic E-state index is 10.7. The van der Waals surface area contributed by atoms with Crippen LogP contribution < -0.4 is 0 Å². The summed E-state index contributed by atoms with van der Waals surface area (Å²) in [6.07, 6.45) is -1.88. The predicted octanol–water partition coefficient (Wildman–Crippen LogP) is 0.241. The summed E-state index contributed by atoms with van der Waals surface area (Å²) in [6, 6.07) is 3.23. The molecule has 54 valence electrons. The number of thiophene rings is 1. The molecule has 0 amide bonds. The Morgan fingerprint density at radius 1 is 1.60 bits per heavy atom. The highest BCUT2D eigenvalue weighted by molar-refractivity contribution is 7.12. The van der Waals surface area contributed by atoms with E-state index in [-0.39, 0.29) is 0 Å². The molecule has 1 rings (SSSR count). The van der Waals surface area contributed by atoms with E-state index >= 15 is 0 Å². The van der Waals surface area contributed by atoms with Crippen molar-refractivity contribution in [1.29, 1.82) is 0 Å². The van der Waals surface area contributed by atoms with Crippen LogP contribution >= 0.6 is 11.3 Å². The van der Waals surface area contributed by atoms with Gasteiger partial charge in [-0.05, 0) is 11.4 Å². The lowest BCUT2D eigenvalue weighted by Gasteiger charge is -1.96. The van der Waals surface area contributed by atoms with Crippen LogP contribution in [0, 0.1) is 0 Å². The third-order valence-corrected chi connectivity index (χ3v) is 1.88. The molecule has 1 aromatic rings. The summed E-state index contributed by atoms with van der Waals surface area (Å²) in [5.41, 5.74) is 0. The SMILES string of the molecule is O=C(c1cccs1)C(O)O. The minimum Gasteiger partial charge on any atom is -0.362 e. The van der Waals surface area contributed by atoms with E-state index in [2.05, 4.69) is 0 Å². The molecule has 0 radical (unpaired) electrons. The zero-order valence-corrected chi connectivity index (χ0v) is 5.84. The van der Waals surface area contributed by atoms with Gasteiger partial charge in [0, 0.05) is 0 Å².